The van der Waals surface area contributed by atoms with Crippen molar-refractivity contribution in [1.29, 1.82) is 0 Å². The topological polar surface area (TPSA) is 26.3 Å². The summed E-state index contributed by atoms with van der Waals surface area (Å²) in [6.45, 7) is 6.59. The van der Waals surface area contributed by atoms with Gasteiger partial charge in [0.2, 0.25) is 0 Å². The first kappa shape index (κ1) is 10.6. The Bertz CT molecular complexity index is 177. The number of hydrogen-bond donors (Lipinski definition) is 0. The first-order chi connectivity index (χ1) is 6.06. The van der Waals surface area contributed by atoms with Gasteiger partial charge in [-0.2, -0.15) is 0 Å². The molecular weight excluding hydrogens is 164 g/mol. The van der Waals surface area contributed by atoms with Gasteiger partial charge in [-0.25, -0.2) is 0 Å². The van der Waals surface area contributed by atoms with Gasteiger partial charge in [0.1, 0.15) is 0 Å². The SMILES string of the molecule is COC(=O)C1C(C)CC(C)CC1C. The molecule has 0 aromatic carbocycles. The van der Waals surface area contributed by atoms with Gasteiger partial charge in [-0.3, -0.25) is 4.79 Å². The van der Waals surface area contributed by atoms with Gasteiger partial charge in [0, 0.05) is 0 Å². The highest BCUT2D eigenvalue weighted by Crippen LogP contribution is 2.38. The largest absolute Gasteiger partial charge is 0.469 e. The summed E-state index contributed by atoms with van der Waals surface area (Å²) in [4.78, 5) is 11.5. The van der Waals surface area contributed by atoms with Crippen LogP contribution in [0.25, 0.3) is 0 Å². The van der Waals surface area contributed by atoms with Crippen molar-refractivity contribution in [3.05, 3.63) is 0 Å². The van der Waals surface area contributed by atoms with Crippen LogP contribution in [-0.4, -0.2) is 13.1 Å². The maximum Gasteiger partial charge on any atom is 0.309 e. The molecule has 0 heterocycles. The molecule has 13 heavy (non-hydrogen) atoms. The van der Waals surface area contributed by atoms with Gasteiger partial charge in [-0.1, -0.05) is 20.8 Å². The lowest BCUT2D eigenvalue weighted by molar-refractivity contribution is -0.151. The Morgan fingerprint density at radius 3 is 2.00 bits per heavy atom. The smallest absolute Gasteiger partial charge is 0.309 e. The quantitative estimate of drug-likeness (QED) is 0.585. The van der Waals surface area contributed by atoms with Crippen molar-refractivity contribution in [3.63, 3.8) is 0 Å². The molecular formula is C11H20O2. The van der Waals surface area contributed by atoms with E-state index in [1.807, 2.05) is 0 Å². The fourth-order valence-electron chi connectivity index (χ4n) is 2.82. The van der Waals surface area contributed by atoms with Crippen LogP contribution in [0.2, 0.25) is 0 Å². The van der Waals surface area contributed by atoms with Crippen LogP contribution in [0.1, 0.15) is 33.6 Å². The second-order valence-electron chi connectivity index (χ2n) is 4.58. The van der Waals surface area contributed by atoms with E-state index >= 15 is 0 Å². The molecule has 1 fully saturated rings. The van der Waals surface area contributed by atoms with Gasteiger partial charge in [0.05, 0.1) is 13.0 Å². The Hall–Kier alpha value is -0.530. The first-order valence-corrected chi connectivity index (χ1v) is 5.14. The van der Waals surface area contributed by atoms with Crippen LogP contribution >= 0.6 is 0 Å². The van der Waals surface area contributed by atoms with Crippen LogP contribution in [-0.2, 0) is 9.53 Å². The highest BCUT2D eigenvalue weighted by Gasteiger charge is 2.36. The third-order valence-corrected chi connectivity index (χ3v) is 3.25. The number of methoxy groups -OCH3 is 1. The molecule has 0 aromatic rings. The van der Waals surface area contributed by atoms with E-state index in [1.165, 1.54) is 7.11 Å². The predicted octanol–water partition coefficient (Wildman–Crippen LogP) is 2.48. The van der Waals surface area contributed by atoms with Crippen LogP contribution in [0.4, 0.5) is 0 Å². The van der Waals surface area contributed by atoms with Gasteiger partial charge >= 0.3 is 5.97 Å². The number of hydrogen-bond acceptors (Lipinski definition) is 2. The van der Waals surface area contributed by atoms with Crippen LogP contribution in [0.15, 0.2) is 0 Å². The molecule has 0 bridgehead atoms. The highest BCUT2D eigenvalue weighted by molar-refractivity contribution is 5.73. The summed E-state index contributed by atoms with van der Waals surface area (Å²) in [5.74, 6) is 1.82. The van der Waals surface area contributed by atoms with E-state index in [0.717, 1.165) is 18.8 Å². The summed E-state index contributed by atoms with van der Waals surface area (Å²) in [7, 11) is 1.49. The number of carbonyl (C=O) groups excluding carboxylic acids is 1. The maximum atomic E-state index is 11.5. The Morgan fingerprint density at radius 1 is 1.15 bits per heavy atom. The Morgan fingerprint density at radius 2 is 1.62 bits per heavy atom. The Kier molecular flexibility index (Phi) is 3.34. The molecule has 0 amide bonds. The molecule has 1 aliphatic carbocycles. The first-order valence-electron chi connectivity index (χ1n) is 5.14. The second kappa shape index (κ2) is 4.12. The number of carbonyl (C=O) groups is 1. The van der Waals surface area contributed by atoms with Crippen LogP contribution < -0.4 is 0 Å². The molecule has 0 aromatic heterocycles. The molecule has 2 unspecified atom stereocenters. The molecule has 0 spiro atoms. The summed E-state index contributed by atoms with van der Waals surface area (Å²) in [5.41, 5.74) is 0. The third kappa shape index (κ3) is 2.23. The predicted molar refractivity (Wildman–Crippen MR) is 52.2 cm³/mol. The molecule has 1 saturated carbocycles. The number of esters is 1. The minimum absolute atomic E-state index is 0.0214. The van der Waals surface area contributed by atoms with Crippen molar-refractivity contribution in [2.75, 3.05) is 7.11 Å². The van der Waals surface area contributed by atoms with E-state index < -0.39 is 0 Å². The van der Waals surface area contributed by atoms with Gasteiger partial charge in [-0.15, -0.1) is 0 Å². The van der Waals surface area contributed by atoms with E-state index in [9.17, 15) is 4.79 Å². The van der Waals surface area contributed by atoms with Gasteiger partial charge in [0.25, 0.3) is 0 Å². The van der Waals surface area contributed by atoms with Crippen molar-refractivity contribution in [2.45, 2.75) is 33.6 Å². The molecule has 0 aliphatic heterocycles. The molecule has 2 heteroatoms. The lowest BCUT2D eigenvalue weighted by atomic mass is 9.69. The second-order valence-corrected chi connectivity index (χ2v) is 4.58. The van der Waals surface area contributed by atoms with E-state index in [2.05, 4.69) is 20.8 Å². The maximum absolute atomic E-state index is 11.5. The monoisotopic (exact) mass is 184 g/mol. The van der Waals surface area contributed by atoms with Crippen molar-refractivity contribution in [2.24, 2.45) is 23.7 Å². The van der Waals surface area contributed by atoms with Crippen LogP contribution in [0.3, 0.4) is 0 Å². The average molecular weight is 184 g/mol. The molecule has 2 atom stereocenters. The summed E-state index contributed by atoms with van der Waals surface area (Å²) in [6.07, 6.45) is 2.31. The molecule has 76 valence electrons. The van der Waals surface area contributed by atoms with E-state index in [4.69, 9.17) is 4.74 Å². The van der Waals surface area contributed by atoms with Crippen molar-refractivity contribution in [1.82, 2.24) is 0 Å². The Labute approximate surface area is 80.7 Å². The minimum atomic E-state index is -0.0214. The van der Waals surface area contributed by atoms with Gasteiger partial charge in [-0.05, 0) is 30.6 Å². The molecule has 0 saturated heterocycles. The summed E-state index contributed by atoms with van der Waals surface area (Å²) in [6, 6.07) is 0. The summed E-state index contributed by atoms with van der Waals surface area (Å²) < 4.78 is 4.83. The minimum Gasteiger partial charge on any atom is -0.469 e. The van der Waals surface area contributed by atoms with Crippen LogP contribution in [0, 0.1) is 23.7 Å². The lowest BCUT2D eigenvalue weighted by Gasteiger charge is -2.35. The summed E-state index contributed by atoms with van der Waals surface area (Å²) in [5, 5.41) is 0. The average Bonchev–Trinajstić information content (AvgIpc) is 2.02. The molecule has 1 rings (SSSR count). The third-order valence-electron chi connectivity index (χ3n) is 3.25. The number of rotatable bonds is 1. The van der Waals surface area contributed by atoms with E-state index in [-0.39, 0.29) is 11.9 Å². The lowest BCUT2D eigenvalue weighted by Crippen LogP contribution is -2.35. The zero-order valence-electron chi connectivity index (χ0n) is 9.04. The number of ether oxygens (including phenoxy) is 1. The highest BCUT2D eigenvalue weighted by atomic mass is 16.5. The van der Waals surface area contributed by atoms with Crippen molar-refractivity contribution in [3.8, 4) is 0 Å². The zero-order chi connectivity index (χ0) is 10.0. The zero-order valence-corrected chi connectivity index (χ0v) is 9.04. The molecule has 2 nitrogen and oxygen atoms in total. The molecule has 1 aliphatic rings. The van der Waals surface area contributed by atoms with E-state index in [0.29, 0.717) is 11.8 Å². The van der Waals surface area contributed by atoms with Gasteiger partial charge < -0.3 is 4.74 Å². The van der Waals surface area contributed by atoms with Gasteiger partial charge in [0.15, 0.2) is 0 Å². The fraction of sp³-hybridized carbons (Fsp3) is 0.909. The van der Waals surface area contributed by atoms with Crippen LogP contribution in [0.5, 0.6) is 0 Å². The summed E-state index contributed by atoms with van der Waals surface area (Å²) >= 11 is 0. The molecule has 0 N–H and O–H groups in total. The Balaban J connectivity index is 2.66. The fourth-order valence-corrected chi connectivity index (χ4v) is 2.82. The van der Waals surface area contributed by atoms with E-state index in [1.54, 1.807) is 0 Å². The standard InChI is InChI=1S/C11H20O2/c1-7-5-8(2)10(9(3)6-7)11(12)13-4/h7-10H,5-6H2,1-4H3. The normalized spacial score (nSPS) is 40.0. The molecule has 0 radical (unpaired) electrons. The van der Waals surface area contributed by atoms with Crippen molar-refractivity contribution >= 4 is 5.97 Å². The van der Waals surface area contributed by atoms with Crippen molar-refractivity contribution < 1.29 is 9.53 Å².